The lowest BCUT2D eigenvalue weighted by Crippen LogP contribution is -1.83. The maximum Gasteiger partial charge on any atom is 0.199 e. The number of hydrogen-bond donors (Lipinski definition) is 2. The van der Waals surface area contributed by atoms with E-state index in [0.29, 0.717) is 28.2 Å². The van der Waals surface area contributed by atoms with E-state index in [1.807, 2.05) is 12.1 Å². The molecule has 3 heterocycles. The van der Waals surface area contributed by atoms with E-state index in [0.717, 1.165) is 10.9 Å². The number of furan rings is 1. The van der Waals surface area contributed by atoms with Crippen LogP contribution in [0.25, 0.3) is 22.4 Å². The van der Waals surface area contributed by atoms with Gasteiger partial charge in [0.25, 0.3) is 0 Å². The average Bonchev–Trinajstić information content (AvgIpc) is 3.27. The molecular formula is C19H12N4O2. The van der Waals surface area contributed by atoms with Crippen LogP contribution in [0.2, 0.25) is 0 Å². The fourth-order valence-corrected chi connectivity index (χ4v) is 2.58. The van der Waals surface area contributed by atoms with Crippen molar-refractivity contribution < 1.29 is 9.52 Å². The molecule has 0 atom stereocenters. The molecule has 0 unspecified atom stereocenters. The molecule has 0 bridgehead atoms. The van der Waals surface area contributed by atoms with Gasteiger partial charge in [0, 0.05) is 23.4 Å². The first kappa shape index (κ1) is 14.7. The number of nitriles is 1. The highest BCUT2D eigenvalue weighted by molar-refractivity contribution is 6.02. The lowest BCUT2D eigenvalue weighted by Gasteiger charge is -1.98. The first-order valence-electron chi connectivity index (χ1n) is 7.53. The first-order valence-corrected chi connectivity index (χ1v) is 7.53. The Morgan fingerprint density at radius 3 is 2.96 bits per heavy atom. The highest BCUT2D eigenvalue weighted by atomic mass is 16.3. The molecule has 0 aliphatic carbocycles. The summed E-state index contributed by atoms with van der Waals surface area (Å²) in [6, 6.07) is 14.5. The molecule has 3 aromatic heterocycles. The van der Waals surface area contributed by atoms with Crippen LogP contribution in [0.3, 0.4) is 0 Å². The van der Waals surface area contributed by atoms with Gasteiger partial charge in [-0.2, -0.15) is 5.26 Å². The van der Waals surface area contributed by atoms with E-state index in [-0.39, 0.29) is 5.88 Å². The number of nitrogens with zero attached hydrogens (tertiary/aromatic N) is 3. The van der Waals surface area contributed by atoms with Crippen molar-refractivity contribution in [3.63, 3.8) is 0 Å². The summed E-state index contributed by atoms with van der Waals surface area (Å²) in [6.07, 6.45) is 4.82. The maximum absolute atomic E-state index is 10.2. The maximum atomic E-state index is 10.2. The number of pyridine rings is 1. The number of aromatic amines is 1. The van der Waals surface area contributed by atoms with Gasteiger partial charge in [0.2, 0.25) is 0 Å². The standard InChI is InChI=1S/C19H12N4O2/c20-9-12-3-1-4-14(7-12)21-11-16-15-8-13(17-5-2-6-25-17)10-22-18(15)23-19(16)24/h1-8,10-11,24H,(H,22,23). The molecule has 25 heavy (non-hydrogen) atoms. The van der Waals surface area contributed by atoms with E-state index in [1.165, 1.54) is 0 Å². The second-order valence-corrected chi connectivity index (χ2v) is 5.41. The van der Waals surface area contributed by atoms with Crippen molar-refractivity contribution >= 4 is 22.9 Å². The highest BCUT2D eigenvalue weighted by Crippen LogP contribution is 2.29. The van der Waals surface area contributed by atoms with Gasteiger partial charge in [0.15, 0.2) is 5.88 Å². The molecule has 0 aliphatic heterocycles. The van der Waals surface area contributed by atoms with Gasteiger partial charge in [-0.25, -0.2) is 4.98 Å². The lowest BCUT2D eigenvalue weighted by atomic mass is 10.1. The van der Waals surface area contributed by atoms with Crippen molar-refractivity contribution in [3.05, 3.63) is 66.1 Å². The Morgan fingerprint density at radius 2 is 2.16 bits per heavy atom. The van der Waals surface area contributed by atoms with E-state index in [2.05, 4.69) is 21.0 Å². The fraction of sp³-hybridized carbons (Fsp3) is 0. The van der Waals surface area contributed by atoms with Crippen molar-refractivity contribution in [1.29, 1.82) is 5.26 Å². The summed E-state index contributed by atoms with van der Waals surface area (Å²) in [5.41, 5.74) is 3.04. The summed E-state index contributed by atoms with van der Waals surface area (Å²) < 4.78 is 5.39. The van der Waals surface area contributed by atoms with Crippen LogP contribution in [0, 0.1) is 11.3 Å². The molecule has 0 saturated heterocycles. The minimum atomic E-state index is -0.0146. The van der Waals surface area contributed by atoms with Crippen LogP contribution in [0.15, 0.2) is 64.3 Å². The zero-order chi connectivity index (χ0) is 17.2. The largest absolute Gasteiger partial charge is 0.494 e. The van der Waals surface area contributed by atoms with Crippen LogP contribution in [0.1, 0.15) is 11.1 Å². The normalized spacial score (nSPS) is 11.2. The molecule has 120 valence electrons. The number of fused-ring (bicyclic) bond motifs is 1. The van der Waals surface area contributed by atoms with E-state index < -0.39 is 0 Å². The smallest absolute Gasteiger partial charge is 0.199 e. The number of aromatic nitrogens is 2. The van der Waals surface area contributed by atoms with Crippen LogP contribution >= 0.6 is 0 Å². The third-order valence-electron chi connectivity index (χ3n) is 3.79. The molecule has 1 aromatic carbocycles. The van der Waals surface area contributed by atoms with Crippen LogP contribution in [-0.4, -0.2) is 21.3 Å². The van der Waals surface area contributed by atoms with Gasteiger partial charge in [-0.1, -0.05) is 6.07 Å². The molecule has 0 aliphatic rings. The molecule has 0 amide bonds. The number of aliphatic imine (C=N–C) groups is 1. The highest BCUT2D eigenvalue weighted by Gasteiger charge is 2.12. The van der Waals surface area contributed by atoms with Crippen molar-refractivity contribution in [3.8, 4) is 23.3 Å². The fourth-order valence-electron chi connectivity index (χ4n) is 2.58. The number of benzene rings is 1. The van der Waals surface area contributed by atoms with Gasteiger partial charge >= 0.3 is 0 Å². The second-order valence-electron chi connectivity index (χ2n) is 5.41. The molecule has 4 rings (SSSR count). The summed E-state index contributed by atoms with van der Waals surface area (Å²) >= 11 is 0. The van der Waals surface area contributed by atoms with Gasteiger partial charge in [-0.15, -0.1) is 0 Å². The molecule has 0 saturated carbocycles. The molecule has 0 spiro atoms. The summed E-state index contributed by atoms with van der Waals surface area (Å²) in [7, 11) is 0. The van der Waals surface area contributed by atoms with Gasteiger partial charge in [0.1, 0.15) is 11.4 Å². The zero-order valence-electron chi connectivity index (χ0n) is 13.0. The third-order valence-corrected chi connectivity index (χ3v) is 3.79. The summed E-state index contributed by atoms with van der Waals surface area (Å²) in [5, 5.41) is 19.9. The summed E-state index contributed by atoms with van der Waals surface area (Å²) in [4.78, 5) is 11.5. The van der Waals surface area contributed by atoms with Crippen molar-refractivity contribution in [2.24, 2.45) is 4.99 Å². The van der Waals surface area contributed by atoms with Crippen LogP contribution in [0.4, 0.5) is 5.69 Å². The molecule has 2 N–H and O–H groups in total. The van der Waals surface area contributed by atoms with Gasteiger partial charge in [-0.05, 0) is 36.4 Å². The topological polar surface area (TPSA) is 98.2 Å². The molecule has 0 fully saturated rings. The Bertz CT molecular complexity index is 1120. The van der Waals surface area contributed by atoms with Crippen molar-refractivity contribution in [1.82, 2.24) is 9.97 Å². The number of nitrogens with one attached hydrogen (secondary N) is 1. The molecular weight excluding hydrogens is 316 g/mol. The monoisotopic (exact) mass is 328 g/mol. The van der Waals surface area contributed by atoms with Gasteiger partial charge in [0.05, 0.1) is 29.1 Å². The summed E-state index contributed by atoms with van der Waals surface area (Å²) in [6.45, 7) is 0. The van der Waals surface area contributed by atoms with E-state index in [1.54, 1.807) is 49.0 Å². The molecule has 6 nitrogen and oxygen atoms in total. The Balaban J connectivity index is 1.78. The number of H-pyrrole nitrogens is 1. The van der Waals surface area contributed by atoms with Crippen molar-refractivity contribution in [2.75, 3.05) is 0 Å². The van der Waals surface area contributed by atoms with Crippen LogP contribution in [0.5, 0.6) is 5.88 Å². The molecule has 4 aromatic rings. The predicted octanol–water partition coefficient (Wildman–Crippen LogP) is 4.15. The SMILES string of the molecule is N#Cc1cccc(N=Cc2c(O)[nH]c3ncc(-c4ccco4)cc23)c1. The van der Waals surface area contributed by atoms with Gasteiger partial charge in [-0.3, -0.25) is 4.99 Å². The predicted molar refractivity (Wildman–Crippen MR) is 93.9 cm³/mol. The first-order chi connectivity index (χ1) is 12.2. The number of rotatable bonds is 3. The Morgan fingerprint density at radius 1 is 1.24 bits per heavy atom. The minimum absolute atomic E-state index is 0.0146. The average molecular weight is 328 g/mol. The van der Waals surface area contributed by atoms with Crippen LogP contribution < -0.4 is 0 Å². The lowest BCUT2D eigenvalue weighted by molar-refractivity contribution is 0.457. The minimum Gasteiger partial charge on any atom is -0.494 e. The van der Waals surface area contributed by atoms with E-state index in [9.17, 15) is 5.11 Å². The Hall–Kier alpha value is -3.85. The quantitative estimate of drug-likeness (QED) is 0.552. The number of aromatic hydroxyl groups is 1. The van der Waals surface area contributed by atoms with Crippen LogP contribution in [-0.2, 0) is 0 Å². The Labute approximate surface area is 142 Å². The van der Waals surface area contributed by atoms with Gasteiger partial charge < -0.3 is 14.5 Å². The number of hydrogen-bond acceptors (Lipinski definition) is 5. The van der Waals surface area contributed by atoms with E-state index >= 15 is 0 Å². The van der Waals surface area contributed by atoms with E-state index in [4.69, 9.17) is 9.68 Å². The zero-order valence-corrected chi connectivity index (χ0v) is 13.0. The molecule has 0 radical (unpaired) electrons. The second kappa shape index (κ2) is 5.98. The molecule has 6 heteroatoms. The summed E-state index contributed by atoms with van der Waals surface area (Å²) in [5.74, 6) is 0.680. The Kier molecular flexibility index (Phi) is 3.52. The van der Waals surface area contributed by atoms with Crippen molar-refractivity contribution in [2.45, 2.75) is 0 Å². The third kappa shape index (κ3) is 2.75.